The summed E-state index contributed by atoms with van der Waals surface area (Å²) in [6.07, 6.45) is 4.54. The highest BCUT2D eigenvalue weighted by atomic mass is 35.5. The van der Waals surface area contributed by atoms with Gasteiger partial charge >= 0.3 is 0 Å². The molecule has 0 bridgehead atoms. The summed E-state index contributed by atoms with van der Waals surface area (Å²) in [7, 11) is -3.61. The van der Waals surface area contributed by atoms with Crippen molar-refractivity contribution in [3.05, 3.63) is 27.7 Å². The van der Waals surface area contributed by atoms with Crippen LogP contribution >= 0.6 is 23.2 Å². The molecule has 1 N–H and O–H groups in total. The van der Waals surface area contributed by atoms with Gasteiger partial charge in [0.05, 0.1) is 5.02 Å². The topological polar surface area (TPSA) is 49.4 Å². The maximum Gasteiger partial charge on any atom is 0.242 e. The number of hydrogen-bond donors (Lipinski definition) is 1. The zero-order chi connectivity index (χ0) is 17.0. The third-order valence-electron chi connectivity index (χ3n) is 4.36. The van der Waals surface area contributed by atoms with Gasteiger partial charge < -0.3 is 4.90 Å². The minimum absolute atomic E-state index is 0.0902. The molecular formula is C16H24Cl2N2O2S. The second kappa shape index (κ2) is 8.17. The molecule has 1 aromatic carbocycles. The summed E-state index contributed by atoms with van der Waals surface area (Å²) in [4.78, 5) is 2.52. The summed E-state index contributed by atoms with van der Waals surface area (Å²) < 4.78 is 27.4. The fourth-order valence-corrected chi connectivity index (χ4v) is 4.80. The summed E-state index contributed by atoms with van der Waals surface area (Å²) in [5, 5.41) is 0.616. The second-order valence-corrected chi connectivity index (χ2v) is 8.71. The van der Waals surface area contributed by atoms with E-state index in [0.29, 0.717) is 23.2 Å². The number of sulfonamides is 1. The van der Waals surface area contributed by atoms with Crippen molar-refractivity contribution in [1.82, 2.24) is 9.62 Å². The molecule has 1 aromatic rings. The first-order valence-corrected chi connectivity index (χ1v) is 10.2. The zero-order valence-electron chi connectivity index (χ0n) is 13.6. The van der Waals surface area contributed by atoms with Crippen LogP contribution in [0.25, 0.3) is 0 Å². The van der Waals surface area contributed by atoms with Gasteiger partial charge in [0.15, 0.2) is 0 Å². The van der Waals surface area contributed by atoms with E-state index in [1.807, 2.05) is 0 Å². The molecule has 7 heteroatoms. The van der Waals surface area contributed by atoms with Crippen LogP contribution in [-0.4, -0.2) is 39.0 Å². The molecule has 0 aliphatic carbocycles. The number of aryl methyl sites for hydroxylation is 1. The number of likely N-dealkylation sites (tertiary alicyclic amines) is 1. The van der Waals surface area contributed by atoms with Crippen molar-refractivity contribution in [1.29, 1.82) is 0 Å². The second-order valence-electron chi connectivity index (χ2n) is 6.16. The molecule has 1 fully saturated rings. The monoisotopic (exact) mass is 378 g/mol. The smallest absolute Gasteiger partial charge is 0.242 e. The van der Waals surface area contributed by atoms with Crippen molar-refractivity contribution in [3.63, 3.8) is 0 Å². The molecule has 0 saturated carbocycles. The first-order chi connectivity index (χ1) is 10.8. The molecule has 0 aromatic heterocycles. The number of hydrogen-bond acceptors (Lipinski definition) is 3. The number of halogens is 2. The Morgan fingerprint density at radius 3 is 2.70 bits per heavy atom. The minimum Gasteiger partial charge on any atom is -0.301 e. The lowest BCUT2D eigenvalue weighted by Gasteiger charge is -2.33. The van der Waals surface area contributed by atoms with E-state index in [9.17, 15) is 8.42 Å². The van der Waals surface area contributed by atoms with E-state index in [1.54, 1.807) is 6.92 Å². The number of nitrogens with one attached hydrogen (secondary N) is 1. The molecule has 130 valence electrons. The van der Waals surface area contributed by atoms with E-state index >= 15 is 0 Å². The van der Waals surface area contributed by atoms with Crippen molar-refractivity contribution in [2.75, 3.05) is 19.6 Å². The molecule has 1 aliphatic rings. The Balaban J connectivity index is 1.90. The quantitative estimate of drug-likeness (QED) is 0.764. The van der Waals surface area contributed by atoms with Crippen molar-refractivity contribution in [2.45, 2.75) is 50.5 Å². The average molecular weight is 379 g/mol. The van der Waals surface area contributed by atoms with Crippen LogP contribution in [0.4, 0.5) is 0 Å². The highest BCUT2D eigenvalue weighted by Gasteiger charge is 2.20. The van der Waals surface area contributed by atoms with E-state index in [0.717, 1.165) is 19.5 Å². The first-order valence-electron chi connectivity index (χ1n) is 8.00. The van der Waals surface area contributed by atoms with Crippen LogP contribution in [0, 0.1) is 6.92 Å². The molecule has 0 spiro atoms. The van der Waals surface area contributed by atoms with E-state index < -0.39 is 10.0 Å². The molecule has 1 unspecified atom stereocenters. The van der Waals surface area contributed by atoms with Crippen LogP contribution in [0.1, 0.15) is 38.2 Å². The van der Waals surface area contributed by atoms with Gasteiger partial charge in [-0.25, -0.2) is 13.1 Å². The van der Waals surface area contributed by atoms with Crippen LogP contribution in [0.5, 0.6) is 0 Å². The standard InChI is InChI=1S/C16H24Cl2N2O2S/c1-12-10-16(15(18)11-14(12)17)23(21,22)19-7-5-9-20-8-4-3-6-13(20)2/h10-11,13,19H,3-9H2,1-2H3. The van der Waals surface area contributed by atoms with Crippen LogP contribution in [0.15, 0.2) is 17.0 Å². The van der Waals surface area contributed by atoms with E-state index in [4.69, 9.17) is 23.2 Å². The molecule has 1 heterocycles. The van der Waals surface area contributed by atoms with Crippen LogP contribution in [0.2, 0.25) is 10.0 Å². The van der Waals surface area contributed by atoms with Gasteiger partial charge in [0.1, 0.15) is 4.90 Å². The van der Waals surface area contributed by atoms with Crippen LogP contribution in [0.3, 0.4) is 0 Å². The SMILES string of the molecule is Cc1cc(S(=O)(=O)NCCCN2CCCCC2C)c(Cl)cc1Cl. The molecular weight excluding hydrogens is 355 g/mol. The molecule has 23 heavy (non-hydrogen) atoms. The maximum atomic E-state index is 12.4. The van der Waals surface area contributed by atoms with Gasteiger partial charge in [0, 0.05) is 17.6 Å². The third-order valence-corrected chi connectivity index (χ3v) is 6.69. The van der Waals surface area contributed by atoms with Crippen molar-refractivity contribution in [2.24, 2.45) is 0 Å². The molecule has 1 aliphatic heterocycles. The summed E-state index contributed by atoms with van der Waals surface area (Å²) in [6.45, 7) is 6.42. The van der Waals surface area contributed by atoms with Crippen LogP contribution < -0.4 is 4.72 Å². The predicted molar refractivity (Wildman–Crippen MR) is 95.9 cm³/mol. The summed E-state index contributed by atoms with van der Waals surface area (Å²) >= 11 is 12.0. The Morgan fingerprint density at radius 1 is 1.26 bits per heavy atom. The molecule has 1 atom stereocenters. The molecule has 2 rings (SSSR count). The van der Waals surface area contributed by atoms with Crippen molar-refractivity contribution >= 4 is 33.2 Å². The lowest BCUT2D eigenvalue weighted by Crippen LogP contribution is -2.39. The largest absolute Gasteiger partial charge is 0.301 e. The molecule has 0 amide bonds. The van der Waals surface area contributed by atoms with Crippen molar-refractivity contribution in [3.8, 4) is 0 Å². The third kappa shape index (κ3) is 5.07. The minimum atomic E-state index is -3.61. The van der Waals surface area contributed by atoms with Crippen molar-refractivity contribution < 1.29 is 8.42 Å². The summed E-state index contributed by atoms with van der Waals surface area (Å²) in [6, 6.07) is 3.58. The van der Waals surface area contributed by atoms with E-state index in [2.05, 4.69) is 16.5 Å². The Hall–Kier alpha value is -0.330. The van der Waals surface area contributed by atoms with Gasteiger partial charge in [-0.2, -0.15) is 0 Å². The van der Waals surface area contributed by atoms with Crippen LogP contribution in [-0.2, 0) is 10.0 Å². The number of nitrogens with zero attached hydrogens (tertiary/aromatic N) is 1. The zero-order valence-corrected chi connectivity index (χ0v) is 15.9. The predicted octanol–water partition coefficient (Wildman–Crippen LogP) is 3.84. The Kier molecular flexibility index (Phi) is 6.75. The lowest BCUT2D eigenvalue weighted by atomic mass is 10.0. The number of rotatable bonds is 6. The first kappa shape index (κ1) is 19.0. The summed E-state index contributed by atoms with van der Waals surface area (Å²) in [5.74, 6) is 0. The highest BCUT2D eigenvalue weighted by Crippen LogP contribution is 2.28. The highest BCUT2D eigenvalue weighted by molar-refractivity contribution is 7.89. The Bertz CT molecular complexity index is 650. The van der Waals surface area contributed by atoms with Gasteiger partial charge in [0.25, 0.3) is 0 Å². The van der Waals surface area contributed by atoms with Gasteiger partial charge in [-0.1, -0.05) is 29.6 Å². The molecule has 4 nitrogen and oxygen atoms in total. The molecule has 1 saturated heterocycles. The number of benzene rings is 1. The fourth-order valence-electron chi connectivity index (χ4n) is 2.89. The van der Waals surface area contributed by atoms with Gasteiger partial charge in [-0.05, 0) is 63.9 Å². The lowest BCUT2D eigenvalue weighted by molar-refractivity contribution is 0.159. The van der Waals surface area contributed by atoms with Gasteiger partial charge in [-0.3, -0.25) is 0 Å². The van der Waals surface area contributed by atoms with E-state index in [1.165, 1.54) is 31.4 Å². The normalized spacial score (nSPS) is 19.9. The van der Waals surface area contributed by atoms with Gasteiger partial charge in [0.2, 0.25) is 10.0 Å². The average Bonchev–Trinajstić information content (AvgIpc) is 2.49. The molecule has 0 radical (unpaired) electrons. The van der Waals surface area contributed by atoms with E-state index in [-0.39, 0.29) is 9.92 Å². The number of piperidine rings is 1. The fraction of sp³-hybridized carbons (Fsp3) is 0.625. The Labute approximate surface area is 149 Å². The van der Waals surface area contributed by atoms with Gasteiger partial charge in [-0.15, -0.1) is 0 Å². The summed E-state index contributed by atoms with van der Waals surface area (Å²) in [5.41, 5.74) is 0.693. The Morgan fingerprint density at radius 2 is 2.00 bits per heavy atom. The maximum absolute atomic E-state index is 12.4.